The molecule has 0 aliphatic rings. The van der Waals surface area contributed by atoms with Gasteiger partial charge in [-0.2, -0.15) is 12.1 Å². The largest absolute Gasteiger partial charge is 2.00 e. The van der Waals surface area contributed by atoms with Crippen molar-refractivity contribution in [1.82, 2.24) is 0 Å². The fourth-order valence-electron chi connectivity index (χ4n) is 6.11. The fourth-order valence-corrected chi connectivity index (χ4v) is 6.11. The molecule has 2 atom stereocenters. The molecule has 2 heteroatoms. The van der Waals surface area contributed by atoms with Crippen LogP contribution in [0.5, 0.6) is 0 Å². The SMILES string of the molecule is CCC(C)c1cc2c(-c3cccc(C)c3C)cccc2[cH-]1.CCC(C)c1cc2c(-c3cccc(C)c3C)cccc2[cH-]1.C[Si]C.[Zr+2]. The zero-order valence-electron chi connectivity index (χ0n) is 29.8. The van der Waals surface area contributed by atoms with Gasteiger partial charge in [-0.05, 0) is 72.9 Å². The van der Waals surface area contributed by atoms with E-state index in [1.54, 1.807) is 0 Å². The summed E-state index contributed by atoms with van der Waals surface area (Å²) >= 11 is 0. The van der Waals surface area contributed by atoms with E-state index in [-0.39, 0.29) is 26.2 Å². The van der Waals surface area contributed by atoms with Gasteiger partial charge in [-0.1, -0.05) is 113 Å². The molecule has 46 heavy (non-hydrogen) atoms. The predicted molar refractivity (Wildman–Crippen MR) is 204 cm³/mol. The molecule has 2 radical (unpaired) electrons. The van der Waals surface area contributed by atoms with Crippen LogP contribution in [0.4, 0.5) is 0 Å². The number of hydrogen-bond acceptors (Lipinski definition) is 0. The first-order valence-electron chi connectivity index (χ1n) is 16.7. The van der Waals surface area contributed by atoms with E-state index in [2.05, 4.69) is 166 Å². The summed E-state index contributed by atoms with van der Waals surface area (Å²) in [6.07, 6.45) is 2.38. The average molecular weight is 700 g/mol. The van der Waals surface area contributed by atoms with E-state index in [9.17, 15) is 0 Å². The van der Waals surface area contributed by atoms with Crippen molar-refractivity contribution >= 4 is 31.1 Å². The summed E-state index contributed by atoms with van der Waals surface area (Å²) in [5, 5.41) is 5.51. The summed E-state index contributed by atoms with van der Waals surface area (Å²) in [5.41, 5.74) is 13.9. The van der Waals surface area contributed by atoms with Crippen LogP contribution in [-0.2, 0) is 26.2 Å². The van der Waals surface area contributed by atoms with Crippen molar-refractivity contribution < 1.29 is 26.2 Å². The fraction of sp³-hybridized carbons (Fsp3) is 0.318. The molecule has 0 heterocycles. The molecule has 6 rings (SSSR count). The van der Waals surface area contributed by atoms with Crippen molar-refractivity contribution in [2.75, 3.05) is 0 Å². The maximum Gasteiger partial charge on any atom is 2.00 e. The van der Waals surface area contributed by atoms with E-state index in [0.717, 1.165) is 9.52 Å². The van der Waals surface area contributed by atoms with Crippen molar-refractivity contribution in [2.45, 2.75) is 93.2 Å². The maximum absolute atomic E-state index is 2.39. The van der Waals surface area contributed by atoms with Crippen LogP contribution in [0, 0.1) is 27.7 Å². The first-order valence-corrected chi connectivity index (χ1v) is 18.7. The normalized spacial score (nSPS) is 12.0. The molecule has 0 saturated carbocycles. The summed E-state index contributed by atoms with van der Waals surface area (Å²) in [6, 6.07) is 36.0. The zero-order chi connectivity index (χ0) is 32.7. The Morgan fingerprint density at radius 3 is 1.22 bits per heavy atom. The van der Waals surface area contributed by atoms with E-state index in [1.165, 1.54) is 90.0 Å². The topological polar surface area (TPSA) is 0 Å². The minimum absolute atomic E-state index is 0. The number of aryl methyl sites for hydroxylation is 2. The average Bonchev–Trinajstić information content (AvgIpc) is 3.69. The van der Waals surface area contributed by atoms with Crippen molar-refractivity contribution in [1.29, 1.82) is 0 Å². The van der Waals surface area contributed by atoms with Gasteiger partial charge < -0.3 is 0 Å². The monoisotopic (exact) mass is 698 g/mol. The van der Waals surface area contributed by atoms with Crippen LogP contribution in [0.25, 0.3) is 43.8 Å². The molecule has 0 saturated heterocycles. The van der Waals surface area contributed by atoms with E-state index < -0.39 is 0 Å². The Kier molecular flexibility index (Phi) is 14.2. The molecule has 6 aromatic carbocycles. The first kappa shape index (κ1) is 37.7. The molecule has 0 bridgehead atoms. The summed E-state index contributed by atoms with van der Waals surface area (Å²) in [7, 11) is 1.08. The van der Waals surface area contributed by atoms with Gasteiger partial charge in [0.15, 0.2) is 0 Å². The summed E-state index contributed by atoms with van der Waals surface area (Å²) < 4.78 is 0. The Morgan fingerprint density at radius 1 is 0.543 bits per heavy atom. The Morgan fingerprint density at radius 2 is 0.870 bits per heavy atom. The van der Waals surface area contributed by atoms with Crippen molar-refractivity contribution in [3.63, 3.8) is 0 Å². The third kappa shape index (κ3) is 8.37. The molecule has 2 unspecified atom stereocenters. The van der Waals surface area contributed by atoms with Gasteiger partial charge in [0.1, 0.15) is 0 Å². The zero-order valence-corrected chi connectivity index (χ0v) is 33.3. The molecule has 0 spiro atoms. The predicted octanol–water partition coefficient (Wildman–Crippen LogP) is 13.5. The third-order valence-corrected chi connectivity index (χ3v) is 9.70. The molecular weight excluding hydrogens is 648 g/mol. The molecule has 236 valence electrons. The molecule has 0 aliphatic heterocycles. The van der Waals surface area contributed by atoms with Crippen LogP contribution in [0.1, 0.15) is 85.8 Å². The van der Waals surface area contributed by atoms with Crippen LogP contribution in [0.2, 0.25) is 13.1 Å². The van der Waals surface area contributed by atoms with Crippen molar-refractivity contribution in [3.8, 4) is 22.3 Å². The standard InChI is InChI=1S/2C21H23.C2H6Si.Zr/c2*1-5-14(2)18-12-17-9-7-11-20(21(17)13-18)19-10-6-8-15(3)16(19)4;1-3-2;/h2*6-14H,5H2,1-4H3;1-2H3;/q2*-1;;+2. The molecule has 0 aliphatic carbocycles. The molecule has 0 fully saturated rings. The molecule has 0 amide bonds. The van der Waals surface area contributed by atoms with Gasteiger partial charge in [0.05, 0.1) is 0 Å². The van der Waals surface area contributed by atoms with Crippen molar-refractivity contribution in [3.05, 3.63) is 130 Å². The van der Waals surface area contributed by atoms with Crippen molar-refractivity contribution in [2.24, 2.45) is 0 Å². The molecule has 0 N–H and O–H groups in total. The summed E-state index contributed by atoms with van der Waals surface area (Å²) in [5.74, 6) is 1.26. The molecule has 6 aromatic rings. The first-order chi connectivity index (χ1) is 21.6. The van der Waals surface area contributed by atoms with Gasteiger partial charge in [0.2, 0.25) is 0 Å². The third-order valence-electron chi connectivity index (χ3n) is 9.70. The minimum atomic E-state index is 0. The van der Waals surface area contributed by atoms with Crippen LogP contribution in [0.15, 0.2) is 97.1 Å². The number of hydrogen-bond donors (Lipinski definition) is 0. The minimum Gasteiger partial charge on any atom is -0.164 e. The smallest absolute Gasteiger partial charge is 0.164 e. The number of fused-ring (bicyclic) bond motifs is 2. The van der Waals surface area contributed by atoms with Crippen LogP contribution in [0.3, 0.4) is 0 Å². The van der Waals surface area contributed by atoms with Gasteiger partial charge >= 0.3 is 26.2 Å². The molecule has 0 nitrogen and oxygen atoms in total. The van der Waals surface area contributed by atoms with E-state index in [0.29, 0.717) is 11.8 Å². The van der Waals surface area contributed by atoms with E-state index in [4.69, 9.17) is 0 Å². The number of rotatable bonds is 6. The van der Waals surface area contributed by atoms with E-state index >= 15 is 0 Å². The Hall–Kier alpha value is -2.80. The van der Waals surface area contributed by atoms with Crippen LogP contribution >= 0.6 is 0 Å². The van der Waals surface area contributed by atoms with E-state index in [1.807, 2.05) is 0 Å². The number of benzene rings is 4. The van der Waals surface area contributed by atoms with Gasteiger partial charge in [-0.15, -0.1) is 69.1 Å². The maximum atomic E-state index is 2.39. The Labute approximate surface area is 301 Å². The summed E-state index contributed by atoms with van der Waals surface area (Å²) in [4.78, 5) is 0. The Balaban J connectivity index is 0.000000226. The Bertz CT molecular complexity index is 1710. The van der Waals surface area contributed by atoms with Gasteiger partial charge in [-0.25, -0.2) is 0 Å². The van der Waals surface area contributed by atoms with Crippen LogP contribution < -0.4 is 0 Å². The summed E-state index contributed by atoms with van der Waals surface area (Å²) in [6.45, 7) is 22.3. The van der Waals surface area contributed by atoms with Gasteiger partial charge in [0, 0.05) is 9.52 Å². The molecule has 0 aromatic heterocycles. The second-order valence-electron chi connectivity index (χ2n) is 12.8. The van der Waals surface area contributed by atoms with Crippen LogP contribution in [-0.4, -0.2) is 9.52 Å². The quantitative estimate of drug-likeness (QED) is 0.120. The van der Waals surface area contributed by atoms with Gasteiger partial charge in [0.25, 0.3) is 0 Å². The van der Waals surface area contributed by atoms with Gasteiger partial charge in [-0.3, -0.25) is 0 Å². The second kappa shape index (κ2) is 17.4. The second-order valence-corrected chi connectivity index (χ2v) is 13.8. The molecular formula is C44H52SiZr.